The molecule has 0 fully saturated rings. The fraction of sp³-hybridized carbons (Fsp3) is 0.211. The summed E-state index contributed by atoms with van der Waals surface area (Å²) in [4.78, 5) is 0. The van der Waals surface area contributed by atoms with E-state index in [0.29, 0.717) is 28.2 Å². The molecule has 25 heavy (non-hydrogen) atoms. The highest BCUT2D eigenvalue weighted by atomic mass is 16.5. The van der Waals surface area contributed by atoms with Crippen molar-refractivity contribution in [1.29, 1.82) is 5.26 Å². The Bertz CT molecular complexity index is 811. The third-order valence-corrected chi connectivity index (χ3v) is 3.63. The molecule has 0 radical (unpaired) electrons. The van der Waals surface area contributed by atoms with Crippen molar-refractivity contribution in [3.8, 4) is 34.8 Å². The Balaban J connectivity index is 2.53. The number of rotatable bonds is 6. The van der Waals surface area contributed by atoms with Crippen LogP contribution in [0, 0.1) is 11.3 Å². The molecule has 0 saturated heterocycles. The number of phenols is 1. The fourth-order valence-electron chi connectivity index (χ4n) is 2.35. The zero-order valence-corrected chi connectivity index (χ0v) is 14.5. The molecule has 1 N–H and O–H groups in total. The van der Waals surface area contributed by atoms with Gasteiger partial charge >= 0.3 is 0 Å². The van der Waals surface area contributed by atoms with Crippen molar-refractivity contribution in [3.63, 3.8) is 0 Å². The van der Waals surface area contributed by atoms with Gasteiger partial charge in [-0.3, -0.25) is 0 Å². The molecule has 0 bridgehead atoms. The number of hydrogen-bond acceptors (Lipinski definition) is 6. The number of nitriles is 1. The topological polar surface area (TPSA) is 80.9 Å². The largest absolute Gasteiger partial charge is 0.502 e. The molecule has 2 aromatic carbocycles. The van der Waals surface area contributed by atoms with Crippen molar-refractivity contribution >= 4 is 11.6 Å². The quantitative estimate of drug-likeness (QED) is 0.640. The standard InChI is InChI=1S/C19H19NO5/c1-22-15-6-5-13(10-16(15)23-2)14(11-20)7-12-8-17(24-3)19(21)18(9-12)25-4/h5-10,21H,1-4H3. The number of hydrogen-bond donors (Lipinski definition) is 1. The molecule has 0 unspecified atom stereocenters. The minimum Gasteiger partial charge on any atom is -0.502 e. The van der Waals surface area contributed by atoms with Crippen molar-refractivity contribution in [3.05, 3.63) is 41.5 Å². The van der Waals surface area contributed by atoms with Gasteiger partial charge in [-0.2, -0.15) is 5.26 Å². The van der Waals surface area contributed by atoms with Crippen molar-refractivity contribution in [2.45, 2.75) is 0 Å². The Labute approximate surface area is 146 Å². The molecule has 6 heteroatoms. The van der Waals surface area contributed by atoms with Crippen LogP contribution in [0.1, 0.15) is 11.1 Å². The van der Waals surface area contributed by atoms with E-state index >= 15 is 0 Å². The van der Waals surface area contributed by atoms with Crippen molar-refractivity contribution in [2.24, 2.45) is 0 Å². The number of allylic oxidation sites excluding steroid dienone is 1. The second-order valence-electron chi connectivity index (χ2n) is 5.01. The van der Waals surface area contributed by atoms with E-state index in [1.807, 2.05) is 0 Å². The number of ether oxygens (including phenoxy) is 4. The van der Waals surface area contributed by atoms with E-state index < -0.39 is 0 Å². The molecule has 0 aliphatic carbocycles. The van der Waals surface area contributed by atoms with E-state index in [1.165, 1.54) is 21.3 Å². The molecule has 0 aromatic heterocycles. The lowest BCUT2D eigenvalue weighted by molar-refractivity contribution is 0.340. The highest BCUT2D eigenvalue weighted by Gasteiger charge is 2.12. The average molecular weight is 341 g/mol. The third kappa shape index (κ3) is 3.78. The lowest BCUT2D eigenvalue weighted by Gasteiger charge is -2.11. The lowest BCUT2D eigenvalue weighted by atomic mass is 10.0. The van der Waals surface area contributed by atoms with Crippen LogP contribution in [0.25, 0.3) is 11.6 Å². The summed E-state index contributed by atoms with van der Waals surface area (Å²) in [6.45, 7) is 0. The Morgan fingerprint density at radius 3 is 1.92 bits per heavy atom. The zero-order valence-electron chi connectivity index (χ0n) is 14.5. The van der Waals surface area contributed by atoms with Crippen LogP contribution in [-0.4, -0.2) is 33.5 Å². The van der Waals surface area contributed by atoms with E-state index in [9.17, 15) is 10.4 Å². The minimum atomic E-state index is -0.0909. The second-order valence-corrected chi connectivity index (χ2v) is 5.01. The SMILES string of the molecule is COc1ccc(C(C#N)=Cc2cc(OC)c(O)c(OC)c2)cc1OC. The van der Waals surface area contributed by atoms with Crippen LogP contribution in [0.2, 0.25) is 0 Å². The third-order valence-electron chi connectivity index (χ3n) is 3.63. The van der Waals surface area contributed by atoms with Crippen molar-refractivity contribution in [2.75, 3.05) is 28.4 Å². The van der Waals surface area contributed by atoms with Gasteiger partial charge in [-0.25, -0.2) is 0 Å². The van der Waals surface area contributed by atoms with E-state index in [-0.39, 0.29) is 17.2 Å². The second kappa shape index (κ2) is 7.97. The molecule has 0 aliphatic heterocycles. The van der Waals surface area contributed by atoms with Gasteiger partial charge in [0.05, 0.1) is 40.1 Å². The maximum atomic E-state index is 9.98. The van der Waals surface area contributed by atoms with Crippen LogP contribution >= 0.6 is 0 Å². The van der Waals surface area contributed by atoms with Gasteiger partial charge in [-0.1, -0.05) is 0 Å². The van der Waals surface area contributed by atoms with Gasteiger partial charge in [0.25, 0.3) is 0 Å². The van der Waals surface area contributed by atoms with Gasteiger partial charge in [0.2, 0.25) is 5.75 Å². The molecule has 2 rings (SSSR count). The predicted octanol–water partition coefficient (Wildman–Crippen LogP) is 3.49. The normalized spacial score (nSPS) is 10.8. The van der Waals surface area contributed by atoms with Crippen LogP contribution < -0.4 is 18.9 Å². The van der Waals surface area contributed by atoms with Crippen LogP contribution in [0.5, 0.6) is 28.7 Å². The van der Waals surface area contributed by atoms with Crippen LogP contribution in [0.15, 0.2) is 30.3 Å². The van der Waals surface area contributed by atoms with Crippen LogP contribution in [0.3, 0.4) is 0 Å². The van der Waals surface area contributed by atoms with E-state index in [1.54, 1.807) is 43.5 Å². The molecule has 0 atom stereocenters. The maximum Gasteiger partial charge on any atom is 0.200 e. The van der Waals surface area contributed by atoms with E-state index in [0.717, 1.165) is 0 Å². The Kier molecular flexibility index (Phi) is 5.75. The van der Waals surface area contributed by atoms with Gasteiger partial charge in [-0.05, 0) is 47.5 Å². The molecular formula is C19H19NO5. The summed E-state index contributed by atoms with van der Waals surface area (Å²) < 4.78 is 20.8. The molecule has 0 aliphatic rings. The summed E-state index contributed by atoms with van der Waals surface area (Å²) in [7, 11) is 5.98. The summed E-state index contributed by atoms with van der Waals surface area (Å²) in [5, 5.41) is 19.5. The Morgan fingerprint density at radius 1 is 0.880 bits per heavy atom. The first-order chi connectivity index (χ1) is 12.1. The zero-order chi connectivity index (χ0) is 18.4. The molecule has 0 saturated carbocycles. The average Bonchev–Trinajstić information content (AvgIpc) is 2.66. The van der Waals surface area contributed by atoms with Crippen LogP contribution in [0.4, 0.5) is 0 Å². The number of nitrogens with zero attached hydrogens (tertiary/aromatic N) is 1. The number of methoxy groups -OCH3 is 4. The lowest BCUT2D eigenvalue weighted by Crippen LogP contribution is -1.93. The molecule has 2 aromatic rings. The Hall–Kier alpha value is -3.33. The smallest absolute Gasteiger partial charge is 0.200 e. The maximum absolute atomic E-state index is 9.98. The highest BCUT2D eigenvalue weighted by molar-refractivity contribution is 5.90. The van der Waals surface area contributed by atoms with Gasteiger partial charge in [-0.15, -0.1) is 0 Å². The summed E-state index contributed by atoms with van der Waals surface area (Å²) in [5.41, 5.74) is 1.74. The van der Waals surface area contributed by atoms with E-state index in [4.69, 9.17) is 18.9 Å². The molecular weight excluding hydrogens is 322 g/mol. The Morgan fingerprint density at radius 2 is 1.44 bits per heavy atom. The predicted molar refractivity (Wildman–Crippen MR) is 94.2 cm³/mol. The van der Waals surface area contributed by atoms with Crippen molar-refractivity contribution < 1.29 is 24.1 Å². The minimum absolute atomic E-state index is 0.0909. The monoisotopic (exact) mass is 341 g/mol. The first-order valence-electron chi connectivity index (χ1n) is 7.37. The first-order valence-corrected chi connectivity index (χ1v) is 7.37. The number of aromatic hydroxyl groups is 1. The number of benzene rings is 2. The van der Waals surface area contributed by atoms with Gasteiger partial charge in [0, 0.05) is 0 Å². The summed E-state index contributed by atoms with van der Waals surface area (Å²) in [5.74, 6) is 1.54. The molecule has 0 amide bonds. The van der Waals surface area contributed by atoms with Gasteiger partial charge < -0.3 is 24.1 Å². The molecule has 0 heterocycles. The fourth-order valence-corrected chi connectivity index (χ4v) is 2.35. The van der Waals surface area contributed by atoms with E-state index in [2.05, 4.69) is 6.07 Å². The summed E-state index contributed by atoms with van der Waals surface area (Å²) in [6, 6.07) is 10.6. The molecule has 130 valence electrons. The number of phenolic OH excluding ortho intramolecular Hbond substituents is 1. The first kappa shape index (κ1) is 18.0. The van der Waals surface area contributed by atoms with Crippen LogP contribution in [-0.2, 0) is 0 Å². The molecule has 0 spiro atoms. The highest BCUT2D eigenvalue weighted by Crippen LogP contribution is 2.38. The van der Waals surface area contributed by atoms with Gasteiger partial charge in [0.1, 0.15) is 0 Å². The van der Waals surface area contributed by atoms with Gasteiger partial charge in [0.15, 0.2) is 23.0 Å². The summed E-state index contributed by atoms with van der Waals surface area (Å²) in [6.07, 6.45) is 1.67. The summed E-state index contributed by atoms with van der Waals surface area (Å²) >= 11 is 0. The van der Waals surface area contributed by atoms with Crippen molar-refractivity contribution in [1.82, 2.24) is 0 Å². The molecule has 6 nitrogen and oxygen atoms in total.